The number of rotatable bonds is 6. The van der Waals surface area contributed by atoms with Crippen molar-refractivity contribution in [1.82, 2.24) is 10.3 Å². The zero-order valence-corrected chi connectivity index (χ0v) is 17.3. The molecule has 1 aliphatic rings. The van der Waals surface area contributed by atoms with Crippen molar-refractivity contribution in [2.24, 2.45) is 5.92 Å². The average molecular weight is 399 g/mol. The molecule has 1 saturated carbocycles. The van der Waals surface area contributed by atoms with Gasteiger partial charge in [0.1, 0.15) is 16.4 Å². The van der Waals surface area contributed by atoms with Gasteiger partial charge in [0, 0.05) is 5.92 Å². The Morgan fingerprint density at radius 1 is 1.18 bits per heavy atom. The van der Waals surface area contributed by atoms with Crippen LogP contribution in [0.2, 0.25) is 0 Å². The van der Waals surface area contributed by atoms with E-state index in [1.165, 1.54) is 11.3 Å². The van der Waals surface area contributed by atoms with Crippen LogP contribution in [0.4, 0.5) is 0 Å². The van der Waals surface area contributed by atoms with Gasteiger partial charge in [0.05, 0.1) is 18.3 Å². The Bertz CT molecular complexity index is 843. The molecule has 1 heterocycles. The van der Waals surface area contributed by atoms with Crippen LogP contribution in [-0.4, -0.2) is 23.0 Å². The molecular formula is C22H26N2O3S. The summed E-state index contributed by atoms with van der Waals surface area (Å²) < 4.78 is 11.4. The van der Waals surface area contributed by atoms with Gasteiger partial charge in [-0.15, -0.1) is 0 Å². The van der Waals surface area contributed by atoms with Gasteiger partial charge in [-0.2, -0.15) is 0 Å². The monoisotopic (exact) mass is 398 g/mol. The average Bonchev–Trinajstić information content (AvgIpc) is 3.33. The summed E-state index contributed by atoms with van der Waals surface area (Å²) in [7, 11) is 0. The topological polar surface area (TPSA) is 60.5 Å². The van der Waals surface area contributed by atoms with Crippen LogP contribution in [0.3, 0.4) is 0 Å². The molecule has 1 aliphatic carbocycles. The largest absolute Gasteiger partial charge is 0.491 e. The van der Waals surface area contributed by atoms with E-state index < -0.39 is 0 Å². The van der Waals surface area contributed by atoms with Gasteiger partial charge in [-0.1, -0.05) is 36.0 Å². The van der Waals surface area contributed by atoms with Gasteiger partial charge in [-0.05, 0) is 57.9 Å². The molecule has 148 valence electrons. The number of nitrogens with one attached hydrogen (secondary N) is 1. The Balaban J connectivity index is 1.52. The molecule has 1 amide bonds. The molecule has 0 radical (unpaired) electrons. The first-order valence-electron chi connectivity index (χ1n) is 9.72. The molecule has 0 aliphatic heterocycles. The highest BCUT2D eigenvalue weighted by Crippen LogP contribution is 2.28. The minimum Gasteiger partial charge on any atom is -0.491 e. The summed E-state index contributed by atoms with van der Waals surface area (Å²) in [5.41, 5.74) is 0. The zero-order chi connectivity index (χ0) is 19.9. The van der Waals surface area contributed by atoms with E-state index in [1.54, 1.807) is 6.20 Å². The van der Waals surface area contributed by atoms with Crippen molar-refractivity contribution >= 4 is 17.2 Å². The first-order valence-corrected chi connectivity index (χ1v) is 10.5. The van der Waals surface area contributed by atoms with Crippen LogP contribution in [0.15, 0.2) is 30.5 Å². The molecule has 1 unspecified atom stereocenters. The maximum Gasteiger partial charge on any atom is 0.279 e. The highest BCUT2D eigenvalue weighted by Gasteiger charge is 2.23. The fraction of sp³-hybridized carbons (Fsp3) is 0.455. The molecule has 0 bridgehead atoms. The number of hydrogen-bond acceptors (Lipinski definition) is 5. The molecule has 1 fully saturated rings. The Morgan fingerprint density at radius 3 is 2.54 bits per heavy atom. The van der Waals surface area contributed by atoms with Crippen molar-refractivity contribution < 1.29 is 14.3 Å². The second-order valence-corrected chi connectivity index (χ2v) is 8.20. The quantitative estimate of drug-likeness (QED) is 0.712. The van der Waals surface area contributed by atoms with Crippen molar-refractivity contribution in [3.05, 3.63) is 35.3 Å². The van der Waals surface area contributed by atoms with Crippen molar-refractivity contribution in [3.63, 3.8) is 0 Å². The number of amides is 1. The van der Waals surface area contributed by atoms with E-state index in [1.807, 2.05) is 45.0 Å². The van der Waals surface area contributed by atoms with Gasteiger partial charge in [-0.25, -0.2) is 4.98 Å². The normalized spacial score (nSPS) is 15.0. The van der Waals surface area contributed by atoms with E-state index in [9.17, 15) is 4.79 Å². The third kappa shape index (κ3) is 6.00. The molecule has 1 N–H and O–H groups in total. The van der Waals surface area contributed by atoms with Gasteiger partial charge in [0.25, 0.3) is 5.19 Å². The van der Waals surface area contributed by atoms with Crippen molar-refractivity contribution in [1.29, 1.82) is 0 Å². The van der Waals surface area contributed by atoms with Crippen LogP contribution in [0, 0.1) is 17.8 Å². The predicted octanol–water partition coefficient (Wildman–Crippen LogP) is 4.77. The fourth-order valence-corrected chi connectivity index (χ4v) is 3.70. The number of nitrogens with zero attached hydrogens (tertiary/aromatic N) is 1. The summed E-state index contributed by atoms with van der Waals surface area (Å²) in [5.74, 6) is 7.92. The molecule has 6 heteroatoms. The Morgan fingerprint density at radius 2 is 1.86 bits per heavy atom. The van der Waals surface area contributed by atoms with Crippen molar-refractivity contribution in [3.8, 4) is 28.5 Å². The van der Waals surface area contributed by atoms with Gasteiger partial charge in [0.2, 0.25) is 5.91 Å². The van der Waals surface area contributed by atoms with E-state index in [0.717, 1.165) is 36.3 Å². The van der Waals surface area contributed by atoms with E-state index >= 15 is 0 Å². The zero-order valence-electron chi connectivity index (χ0n) is 16.5. The van der Waals surface area contributed by atoms with E-state index in [4.69, 9.17) is 9.47 Å². The summed E-state index contributed by atoms with van der Waals surface area (Å²) in [6.45, 7) is 5.88. The summed E-state index contributed by atoms with van der Waals surface area (Å²) in [4.78, 5) is 17.2. The van der Waals surface area contributed by atoms with Crippen LogP contribution < -0.4 is 14.8 Å². The van der Waals surface area contributed by atoms with Crippen molar-refractivity contribution in [2.75, 3.05) is 0 Å². The lowest BCUT2D eigenvalue weighted by molar-refractivity contribution is -0.125. The predicted molar refractivity (Wildman–Crippen MR) is 111 cm³/mol. The van der Waals surface area contributed by atoms with Crippen LogP contribution >= 0.6 is 11.3 Å². The number of thiazole rings is 1. The molecule has 0 saturated heterocycles. The molecule has 0 spiro atoms. The van der Waals surface area contributed by atoms with Gasteiger partial charge < -0.3 is 14.8 Å². The molecule has 2 aromatic rings. The minimum atomic E-state index is -0.187. The van der Waals surface area contributed by atoms with Crippen LogP contribution in [0.1, 0.15) is 51.3 Å². The van der Waals surface area contributed by atoms with E-state index in [0.29, 0.717) is 10.9 Å². The molecule has 3 rings (SSSR count). The molecule has 5 nitrogen and oxygen atoms in total. The molecular weight excluding hydrogens is 372 g/mol. The van der Waals surface area contributed by atoms with Crippen LogP contribution in [0.25, 0.3) is 0 Å². The standard InChI is InChI=1S/C22H26N2O3S/c1-15(2)26-18-9-11-19(12-10-18)27-22-23-14-20(28-22)13-8-16(3)24-21(25)17-6-4-5-7-17/h9-12,14-17H,4-7H2,1-3H3,(H,24,25). The fourth-order valence-electron chi connectivity index (χ4n) is 3.06. The summed E-state index contributed by atoms with van der Waals surface area (Å²) >= 11 is 1.38. The SMILES string of the molecule is CC(C#Cc1cnc(Oc2ccc(OC(C)C)cc2)s1)NC(=O)C1CCCC1. The molecule has 1 aromatic heterocycles. The number of carbonyl (C=O) groups excluding carboxylic acids is 1. The van der Waals surface area contributed by atoms with Gasteiger partial charge >= 0.3 is 0 Å². The first kappa shape index (κ1) is 20.2. The Hall–Kier alpha value is -2.52. The third-order valence-corrected chi connectivity index (χ3v) is 5.17. The maximum atomic E-state index is 12.1. The molecule has 28 heavy (non-hydrogen) atoms. The van der Waals surface area contributed by atoms with Gasteiger partial charge in [-0.3, -0.25) is 4.79 Å². The third-order valence-electron chi connectivity index (χ3n) is 4.38. The van der Waals surface area contributed by atoms with Crippen molar-refractivity contribution in [2.45, 2.75) is 58.6 Å². The van der Waals surface area contributed by atoms with Gasteiger partial charge in [0.15, 0.2) is 0 Å². The second-order valence-electron chi connectivity index (χ2n) is 7.21. The number of hydrogen-bond donors (Lipinski definition) is 1. The maximum absolute atomic E-state index is 12.1. The highest BCUT2D eigenvalue weighted by molar-refractivity contribution is 7.13. The minimum absolute atomic E-state index is 0.123. The smallest absolute Gasteiger partial charge is 0.279 e. The Labute approximate surface area is 170 Å². The summed E-state index contributed by atoms with van der Waals surface area (Å²) in [6.07, 6.45) is 6.11. The number of aromatic nitrogens is 1. The summed E-state index contributed by atoms with van der Waals surface area (Å²) in [5, 5.41) is 3.52. The lowest BCUT2D eigenvalue weighted by Crippen LogP contribution is -2.35. The number of carbonyl (C=O) groups is 1. The lowest BCUT2D eigenvalue weighted by Gasteiger charge is -2.12. The highest BCUT2D eigenvalue weighted by atomic mass is 32.1. The second kappa shape index (κ2) is 9.61. The number of benzene rings is 1. The van der Waals surface area contributed by atoms with Crippen LogP contribution in [0.5, 0.6) is 16.7 Å². The first-order chi connectivity index (χ1) is 13.5. The van der Waals surface area contributed by atoms with E-state index in [2.05, 4.69) is 22.1 Å². The van der Waals surface area contributed by atoms with Crippen LogP contribution in [-0.2, 0) is 4.79 Å². The van der Waals surface area contributed by atoms with E-state index in [-0.39, 0.29) is 24.0 Å². The summed E-state index contributed by atoms with van der Waals surface area (Å²) in [6, 6.07) is 7.26. The number of ether oxygens (including phenoxy) is 2. The molecule has 1 aromatic carbocycles. The lowest BCUT2D eigenvalue weighted by atomic mass is 10.1. The Kier molecular flexibility index (Phi) is 6.94. The molecule has 1 atom stereocenters.